The first-order valence-corrected chi connectivity index (χ1v) is 11.5. The van der Waals surface area contributed by atoms with Gasteiger partial charge in [0, 0.05) is 21.0 Å². The van der Waals surface area contributed by atoms with Gasteiger partial charge in [0.1, 0.15) is 5.75 Å². The number of nitrogens with one attached hydrogen (secondary N) is 1. The standard InChI is InChI=1S/C24H17Cl2N3O2S/c25-17-5-7-19(8-6-17)27-24-29(12-15-2-1-3-18(26)10-15)21(14-32-24)16-4-9-22-20(11-16)28-23(30)13-31-22/h1-11,14H,12-13H2,(H,28,30). The number of aromatic nitrogens is 1. The van der Waals surface area contributed by atoms with E-state index < -0.39 is 0 Å². The van der Waals surface area contributed by atoms with Crippen molar-refractivity contribution in [1.82, 2.24) is 4.57 Å². The molecule has 0 fully saturated rings. The van der Waals surface area contributed by atoms with Gasteiger partial charge < -0.3 is 14.6 Å². The lowest BCUT2D eigenvalue weighted by molar-refractivity contribution is -0.118. The van der Waals surface area contributed by atoms with Crippen molar-refractivity contribution in [3.63, 3.8) is 0 Å². The first kappa shape index (κ1) is 20.8. The van der Waals surface area contributed by atoms with E-state index in [-0.39, 0.29) is 12.5 Å². The Bertz CT molecular complexity index is 1380. The fraction of sp³-hybridized carbons (Fsp3) is 0.0833. The molecule has 1 aromatic heterocycles. The van der Waals surface area contributed by atoms with Crippen LogP contribution in [0.15, 0.2) is 77.1 Å². The van der Waals surface area contributed by atoms with Crippen molar-refractivity contribution in [2.24, 2.45) is 4.99 Å². The largest absolute Gasteiger partial charge is 0.482 e. The molecule has 0 atom stereocenters. The predicted octanol–water partition coefficient (Wildman–Crippen LogP) is 6.14. The van der Waals surface area contributed by atoms with Crippen molar-refractivity contribution in [1.29, 1.82) is 0 Å². The zero-order valence-corrected chi connectivity index (χ0v) is 19.0. The Balaban J connectivity index is 1.62. The van der Waals surface area contributed by atoms with E-state index >= 15 is 0 Å². The van der Waals surface area contributed by atoms with Crippen LogP contribution < -0.4 is 14.9 Å². The van der Waals surface area contributed by atoms with E-state index in [0.29, 0.717) is 28.0 Å². The maximum atomic E-state index is 11.8. The highest BCUT2D eigenvalue weighted by atomic mass is 35.5. The van der Waals surface area contributed by atoms with E-state index in [2.05, 4.69) is 15.3 Å². The minimum atomic E-state index is -0.162. The number of thiazole rings is 1. The zero-order valence-electron chi connectivity index (χ0n) is 16.7. The van der Waals surface area contributed by atoms with Crippen molar-refractivity contribution in [3.8, 4) is 17.0 Å². The Labute approximate surface area is 198 Å². The number of carbonyl (C=O) groups is 1. The molecule has 32 heavy (non-hydrogen) atoms. The van der Waals surface area contributed by atoms with Crippen LogP contribution in [-0.4, -0.2) is 17.1 Å². The van der Waals surface area contributed by atoms with Crippen molar-refractivity contribution >= 4 is 51.8 Å². The molecule has 0 unspecified atom stereocenters. The SMILES string of the molecule is O=C1COc2ccc(-c3csc(=Nc4ccc(Cl)cc4)n3Cc3cccc(Cl)c3)cc2N1. The van der Waals surface area contributed by atoms with E-state index in [4.69, 9.17) is 32.9 Å². The monoisotopic (exact) mass is 481 g/mol. The van der Waals surface area contributed by atoms with Crippen LogP contribution >= 0.6 is 34.5 Å². The molecule has 0 radical (unpaired) electrons. The summed E-state index contributed by atoms with van der Waals surface area (Å²) >= 11 is 13.8. The number of anilines is 1. The maximum Gasteiger partial charge on any atom is 0.262 e. The molecule has 3 aromatic carbocycles. The fourth-order valence-electron chi connectivity index (χ4n) is 3.49. The van der Waals surface area contributed by atoms with E-state index in [1.807, 2.05) is 66.7 Å². The Morgan fingerprint density at radius 2 is 1.88 bits per heavy atom. The molecule has 1 aliphatic heterocycles. The second kappa shape index (κ2) is 8.82. The molecule has 0 spiro atoms. The molecule has 1 N–H and O–H groups in total. The van der Waals surface area contributed by atoms with Crippen LogP contribution in [-0.2, 0) is 11.3 Å². The molecule has 2 heterocycles. The third kappa shape index (κ3) is 4.43. The predicted molar refractivity (Wildman–Crippen MR) is 129 cm³/mol. The molecular weight excluding hydrogens is 465 g/mol. The van der Waals surface area contributed by atoms with Gasteiger partial charge in [-0.15, -0.1) is 11.3 Å². The van der Waals surface area contributed by atoms with Crippen LogP contribution in [0.1, 0.15) is 5.56 Å². The molecule has 1 amide bonds. The number of amides is 1. The van der Waals surface area contributed by atoms with E-state index in [9.17, 15) is 4.79 Å². The van der Waals surface area contributed by atoms with Crippen molar-refractivity contribution < 1.29 is 9.53 Å². The smallest absolute Gasteiger partial charge is 0.262 e. The number of benzene rings is 3. The van der Waals surface area contributed by atoms with E-state index in [1.54, 1.807) is 11.3 Å². The van der Waals surface area contributed by atoms with Gasteiger partial charge >= 0.3 is 0 Å². The van der Waals surface area contributed by atoms with Gasteiger partial charge in [-0.1, -0.05) is 35.3 Å². The van der Waals surface area contributed by atoms with Crippen LogP contribution in [0.4, 0.5) is 11.4 Å². The molecule has 160 valence electrons. The van der Waals surface area contributed by atoms with Gasteiger partial charge in [0.25, 0.3) is 5.91 Å². The summed E-state index contributed by atoms with van der Waals surface area (Å²) in [5.41, 5.74) is 4.46. The summed E-state index contributed by atoms with van der Waals surface area (Å²) in [6.45, 7) is 0.620. The van der Waals surface area contributed by atoms with Crippen LogP contribution in [0.2, 0.25) is 10.0 Å². The van der Waals surface area contributed by atoms with Gasteiger partial charge in [-0.25, -0.2) is 4.99 Å². The second-order valence-electron chi connectivity index (χ2n) is 7.26. The fourth-order valence-corrected chi connectivity index (χ4v) is 4.76. The third-order valence-corrected chi connectivity index (χ3v) is 6.34. The van der Waals surface area contributed by atoms with Gasteiger partial charge in [0.2, 0.25) is 0 Å². The maximum absolute atomic E-state index is 11.8. The number of ether oxygens (including phenoxy) is 1. The van der Waals surface area contributed by atoms with Gasteiger partial charge in [-0.3, -0.25) is 4.79 Å². The Morgan fingerprint density at radius 3 is 2.69 bits per heavy atom. The minimum Gasteiger partial charge on any atom is -0.482 e. The van der Waals surface area contributed by atoms with Gasteiger partial charge in [0.15, 0.2) is 11.4 Å². The highest BCUT2D eigenvalue weighted by molar-refractivity contribution is 7.07. The number of hydrogen-bond donors (Lipinski definition) is 1. The summed E-state index contributed by atoms with van der Waals surface area (Å²) < 4.78 is 7.64. The summed E-state index contributed by atoms with van der Waals surface area (Å²) in [6, 6.07) is 21.0. The van der Waals surface area contributed by atoms with Gasteiger partial charge in [-0.2, -0.15) is 0 Å². The molecule has 8 heteroatoms. The van der Waals surface area contributed by atoms with E-state index in [0.717, 1.165) is 27.3 Å². The number of hydrogen-bond acceptors (Lipinski definition) is 4. The number of carbonyl (C=O) groups excluding carboxylic acids is 1. The van der Waals surface area contributed by atoms with Crippen LogP contribution in [0.5, 0.6) is 5.75 Å². The molecule has 0 saturated heterocycles. The molecule has 4 aromatic rings. The third-order valence-electron chi connectivity index (χ3n) is 4.99. The van der Waals surface area contributed by atoms with Crippen LogP contribution in [0.3, 0.4) is 0 Å². The first-order valence-electron chi connectivity index (χ1n) is 9.85. The number of nitrogens with zero attached hydrogens (tertiary/aromatic N) is 2. The number of halogens is 2. The van der Waals surface area contributed by atoms with Gasteiger partial charge in [0.05, 0.1) is 23.6 Å². The Hall–Kier alpha value is -3.06. The molecule has 5 rings (SSSR count). The molecular formula is C24H17Cl2N3O2S. The minimum absolute atomic E-state index is 0.0314. The zero-order chi connectivity index (χ0) is 22.1. The molecule has 0 saturated carbocycles. The van der Waals surface area contributed by atoms with Gasteiger partial charge in [-0.05, 0) is 60.2 Å². The molecule has 1 aliphatic rings. The lowest BCUT2D eigenvalue weighted by Gasteiger charge is -2.19. The summed E-state index contributed by atoms with van der Waals surface area (Å²) in [4.78, 5) is 17.4. The number of fused-ring (bicyclic) bond motifs is 1. The highest BCUT2D eigenvalue weighted by Gasteiger charge is 2.18. The summed E-state index contributed by atoms with van der Waals surface area (Å²) in [5, 5.41) is 6.29. The Morgan fingerprint density at radius 1 is 1.03 bits per heavy atom. The topological polar surface area (TPSA) is 55.6 Å². The lowest BCUT2D eigenvalue weighted by Crippen LogP contribution is -2.25. The normalized spacial score (nSPS) is 13.4. The van der Waals surface area contributed by atoms with E-state index in [1.165, 1.54) is 0 Å². The lowest BCUT2D eigenvalue weighted by atomic mass is 10.1. The number of rotatable bonds is 4. The summed E-state index contributed by atoms with van der Waals surface area (Å²) in [6.07, 6.45) is 0. The van der Waals surface area contributed by atoms with Crippen molar-refractivity contribution in [2.45, 2.75) is 6.54 Å². The highest BCUT2D eigenvalue weighted by Crippen LogP contribution is 2.33. The molecule has 0 bridgehead atoms. The molecule has 0 aliphatic carbocycles. The average molecular weight is 482 g/mol. The van der Waals surface area contributed by atoms with Crippen LogP contribution in [0.25, 0.3) is 11.3 Å². The Kier molecular flexibility index (Phi) is 5.74. The second-order valence-corrected chi connectivity index (χ2v) is 8.97. The van der Waals surface area contributed by atoms with Crippen LogP contribution in [0, 0.1) is 0 Å². The average Bonchev–Trinajstić information content (AvgIpc) is 3.17. The first-order chi connectivity index (χ1) is 15.5. The summed E-state index contributed by atoms with van der Waals surface area (Å²) in [5.74, 6) is 0.501. The summed E-state index contributed by atoms with van der Waals surface area (Å²) in [7, 11) is 0. The molecule has 5 nitrogen and oxygen atoms in total. The van der Waals surface area contributed by atoms with Crippen molar-refractivity contribution in [3.05, 3.63) is 92.5 Å². The quantitative estimate of drug-likeness (QED) is 0.380. The van der Waals surface area contributed by atoms with Crippen molar-refractivity contribution in [2.75, 3.05) is 11.9 Å².